The summed E-state index contributed by atoms with van der Waals surface area (Å²) in [5, 5.41) is 0.552. The van der Waals surface area contributed by atoms with Gasteiger partial charge in [0.05, 0.1) is 16.1 Å². The fourth-order valence-electron chi connectivity index (χ4n) is 3.93. The smallest absolute Gasteiger partial charge is 0.246 e. The van der Waals surface area contributed by atoms with Crippen LogP contribution in [0.3, 0.4) is 0 Å². The number of benzene rings is 2. The summed E-state index contributed by atoms with van der Waals surface area (Å²) in [7, 11) is 0. The number of hydrogen-bond donors (Lipinski definition) is 0. The molecule has 2 fully saturated rings. The summed E-state index contributed by atoms with van der Waals surface area (Å²) in [6.07, 6.45) is 1.70. The van der Waals surface area contributed by atoms with Crippen LogP contribution in [-0.4, -0.2) is 35.8 Å². The number of carbonyl (C=O) groups excluding carboxylic acids is 2. The van der Waals surface area contributed by atoms with E-state index in [-0.39, 0.29) is 24.4 Å². The van der Waals surface area contributed by atoms with Gasteiger partial charge in [0.25, 0.3) is 0 Å². The van der Waals surface area contributed by atoms with E-state index in [4.69, 9.17) is 11.6 Å². The largest absolute Gasteiger partial charge is 0.328 e. The molecule has 1 heterocycles. The molecule has 1 atom stereocenters. The highest BCUT2D eigenvalue weighted by Gasteiger charge is 2.54. The second kappa shape index (κ2) is 6.68. The molecule has 0 bridgehead atoms. The lowest BCUT2D eigenvalue weighted by atomic mass is 9.92. The first-order valence-corrected chi connectivity index (χ1v) is 9.73. The maximum absolute atomic E-state index is 13.4. The molecule has 1 saturated carbocycles. The van der Waals surface area contributed by atoms with Crippen molar-refractivity contribution in [3.8, 4) is 0 Å². The van der Waals surface area contributed by atoms with Crippen molar-refractivity contribution in [2.75, 3.05) is 18.0 Å². The van der Waals surface area contributed by atoms with Gasteiger partial charge >= 0.3 is 0 Å². The standard InChI is InChI=1S/C22H23ClN2O2/c1-15-7-9-17(10-8-15)22(11-12-22)21(27)24-14-20(26)25(13-16(24)2)19-6-4-3-5-18(19)23/h3-10,16H,11-14H2,1-2H3/t16-/m0/s1. The zero-order valence-electron chi connectivity index (χ0n) is 15.6. The van der Waals surface area contributed by atoms with Crippen LogP contribution in [0.1, 0.15) is 30.9 Å². The van der Waals surface area contributed by atoms with Crippen molar-refractivity contribution < 1.29 is 9.59 Å². The SMILES string of the molecule is Cc1ccc(C2(C(=O)N3CC(=O)N(c4ccccc4Cl)C[C@@H]3C)CC2)cc1. The average Bonchev–Trinajstić information content (AvgIpc) is 3.46. The van der Waals surface area contributed by atoms with Crippen LogP contribution in [0.15, 0.2) is 48.5 Å². The van der Waals surface area contributed by atoms with Gasteiger partial charge in [-0.05, 0) is 44.4 Å². The molecule has 5 heteroatoms. The van der Waals surface area contributed by atoms with Gasteiger partial charge in [-0.1, -0.05) is 53.6 Å². The third-order valence-corrected chi connectivity index (χ3v) is 6.07. The number of piperazine rings is 1. The van der Waals surface area contributed by atoms with Crippen LogP contribution in [-0.2, 0) is 15.0 Å². The van der Waals surface area contributed by atoms with Gasteiger partial charge in [-0.15, -0.1) is 0 Å². The molecule has 2 aromatic rings. The van der Waals surface area contributed by atoms with Crippen LogP contribution < -0.4 is 4.90 Å². The molecule has 1 saturated heterocycles. The Balaban J connectivity index is 1.56. The summed E-state index contributed by atoms with van der Waals surface area (Å²) < 4.78 is 0. The minimum atomic E-state index is -0.450. The number of halogens is 1. The Morgan fingerprint density at radius 1 is 1.11 bits per heavy atom. The fourth-order valence-corrected chi connectivity index (χ4v) is 4.16. The van der Waals surface area contributed by atoms with Gasteiger partial charge in [0.1, 0.15) is 6.54 Å². The van der Waals surface area contributed by atoms with Gasteiger partial charge in [-0.3, -0.25) is 9.59 Å². The molecule has 0 radical (unpaired) electrons. The van der Waals surface area contributed by atoms with Crippen LogP contribution in [0.5, 0.6) is 0 Å². The highest BCUT2D eigenvalue weighted by atomic mass is 35.5. The Morgan fingerprint density at radius 2 is 1.78 bits per heavy atom. The number of anilines is 1. The van der Waals surface area contributed by atoms with Crippen LogP contribution in [0.2, 0.25) is 5.02 Å². The van der Waals surface area contributed by atoms with E-state index in [2.05, 4.69) is 0 Å². The Hall–Kier alpha value is -2.33. The number of nitrogens with zero attached hydrogens (tertiary/aromatic N) is 2. The first-order valence-electron chi connectivity index (χ1n) is 9.35. The van der Waals surface area contributed by atoms with Crippen LogP contribution in [0.25, 0.3) is 0 Å². The summed E-state index contributed by atoms with van der Waals surface area (Å²) in [5.74, 6) is -0.0136. The van der Waals surface area contributed by atoms with Gasteiger partial charge in [-0.25, -0.2) is 0 Å². The minimum Gasteiger partial charge on any atom is -0.328 e. The molecule has 0 N–H and O–H groups in total. The normalized spacial score (nSPS) is 21.3. The Labute approximate surface area is 164 Å². The first-order chi connectivity index (χ1) is 12.9. The number of rotatable bonds is 3. The van der Waals surface area contributed by atoms with E-state index < -0.39 is 5.41 Å². The molecule has 4 rings (SSSR count). The summed E-state index contributed by atoms with van der Waals surface area (Å²) in [5.41, 5.74) is 2.50. The van der Waals surface area contributed by atoms with Crippen molar-refractivity contribution >= 4 is 29.1 Å². The average molecular weight is 383 g/mol. The molecule has 4 nitrogen and oxygen atoms in total. The maximum atomic E-state index is 13.4. The second-order valence-electron chi connectivity index (χ2n) is 7.69. The monoisotopic (exact) mass is 382 g/mol. The molecule has 0 aromatic heterocycles. The van der Waals surface area contributed by atoms with E-state index in [1.54, 1.807) is 15.9 Å². The van der Waals surface area contributed by atoms with Gasteiger partial charge in [0.2, 0.25) is 11.8 Å². The molecule has 27 heavy (non-hydrogen) atoms. The fraction of sp³-hybridized carbons (Fsp3) is 0.364. The highest BCUT2D eigenvalue weighted by Crippen LogP contribution is 2.50. The van der Waals surface area contributed by atoms with Gasteiger partial charge in [-0.2, -0.15) is 0 Å². The summed E-state index contributed by atoms with van der Waals surface area (Å²) in [6.45, 7) is 4.59. The molecule has 2 aliphatic rings. The molecule has 1 aliphatic carbocycles. The van der Waals surface area contributed by atoms with E-state index >= 15 is 0 Å². The summed E-state index contributed by atoms with van der Waals surface area (Å²) in [4.78, 5) is 29.6. The lowest BCUT2D eigenvalue weighted by Crippen LogP contribution is -2.59. The number of carbonyl (C=O) groups is 2. The highest BCUT2D eigenvalue weighted by molar-refractivity contribution is 6.33. The van der Waals surface area contributed by atoms with E-state index in [9.17, 15) is 9.59 Å². The van der Waals surface area contributed by atoms with E-state index in [1.807, 2.05) is 56.3 Å². The van der Waals surface area contributed by atoms with Crippen molar-refractivity contribution in [2.45, 2.75) is 38.1 Å². The number of para-hydroxylation sites is 1. The second-order valence-corrected chi connectivity index (χ2v) is 8.09. The minimum absolute atomic E-state index is 0.0607. The predicted molar refractivity (Wildman–Crippen MR) is 107 cm³/mol. The third-order valence-electron chi connectivity index (χ3n) is 5.75. The molecular formula is C22H23ClN2O2. The van der Waals surface area contributed by atoms with Crippen molar-refractivity contribution in [3.05, 3.63) is 64.7 Å². The number of amides is 2. The quantitative estimate of drug-likeness (QED) is 0.806. The topological polar surface area (TPSA) is 40.6 Å². The van der Waals surface area contributed by atoms with E-state index in [0.717, 1.165) is 18.4 Å². The molecule has 0 unspecified atom stereocenters. The lowest BCUT2D eigenvalue weighted by molar-refractivity contribution is -0.141. The molecule has 2 aromatic carbocycles. The van der Waals surface area contributed by atoms with Crippen molar-refractivity contribution in [3.63, 3.8) is 0 Å². The van der Waals surface area contributed by atoms with Crippen LogP contribution in [0, 0.1) is 6.92 Å². The van der Waals surface area contributed by atoms with Crippen LogP contribution >= 0.6 is 11.6 Å². The maximum Gasteiger partial charge on any atom is 0.246 e. The zero-order chi connectivity index (χ0) is 19.2. The van der Waals surface area contributed by atoms with Crippen molar-refractivity contribution in [2.24, 2.45) is 0 Å². The van der Waals surface area contributed by atoms with Gasteiger partial charge in [0.15, 0.2) is 0 Å². The molecule has 1 aliphatic heterocycles. The first kappa shape index (κ1) is 18.1. The Kier molecular flexibility index (Phi) is 4.47. The van der Waals surface area contributed by atoms with Crippen molar-refractivity contribution in [1.82, 2.24) is 4.90 Å². The van der Waals surface area contributed by atoms with Gasteiger partial charge in [0, 0.05) is 12.6 Å². The molecule has 0 spiro atoms. The zero-order valence-corrected chi connectivity index (χ0v) is 16.4. The number of aryl methyl sites for hydroxylation is 1. The van der Waals surface area contributed by atoms with Gasteiger partial charge < -0.3 is 9.80 Å². The molecular weight excluding hydrogens is 360 g/mol. The number of hydrogen-bond acceptors (Lipinski definition) is 2. The van der Waals surface area contributed by atoms with Crippen LogP contribution in [0.4, 0.5) is 5.69 Å². The third kappa shape index (κ3) is 3.12. The Morgan fingerprint density at radius 3 is 2.41 bits per heavy atom. The molecule has 140 valence electrons. The summed E-state index contributed by atoms with van der Waals surface area (Å²) >= 11 is 6.27. The predicted octanol–water partition coefficient (Wildman–Crippen LogP) is 3.94. The van der Waals surface area contributed by atoms with Crippen molar-refractivity contribution in [1.29, 1.82) is 0 Å². The molecule has 2 amide bonds. The Bertz CT molecular complexity index is 889. The summed E-state index contributed by atoms with van der Waals surface area (Å²) in [6, 6.07) is 15.5. The van der Waals surface area contributed by atoms with E-state index in [1.165, 1.54) is 5.56 Å². The lowest BCUT2D eigenvalue weighted by Gasteiger charge is -2.41. The van der Waals surface area contributed by atoms with E-state index in [0.29, 0.717) is 17.3 Å².